The van der Waals surface area contributed by atoms with Crippen LogP contribution in [-0.2, 0) is 0 Å². The Kier molecular flexibility index (Phi) is 3.54. The summed E-state index contributed by atoms with van der Waals surface area (Å²) in [6, 6.07) is 9.84. The van der Waals surface area contributed by atoms with Crippen LogP contribution in [0.2, 0.25) is 0 Å². The maximum Gasteiger partial charge on any atom is 0.224 e. The molecule has 0 atom stereocenters. The molecule has 1 aromatic heterocycles. The molecule has 1 aliphatic rings. The molecule has 0 radical (unpaired) electrons. The standard InChI is InChI=1S/C16H19N3O/c1-3-17-14-10-15(19-16(18-14)12-7-8-12)20-13-6-4-5-11(2)9-13/h4-6,9-10,12H,3,7-8H2,1-2H3,(H,17,18,19). The zero-order valence-electron chi connectivity index (χ0n) is 11.9. The van der Waals surface area contributed by atoms with E-state index in [-0.39, 0.29) is 0 Å². The van der Waals surface area contributed by atoms with Crippen molar-refractivity contribution >= 4 is 5.82 Å². The minimum absolute atomic E-state index is 0.508. The Hall–Kier alpha value is -2.10. The average molecular weight is 269 g/mol. The van der Waals surface area contributed by atoms with Crippen LogP contribution in [0.5, 0.6) is 11.6 Å². The van der Waals surface area contributed by atoms with Crippen molar-refractivity contribution in [3.63, 3.8) is 0 Å². The molecule has 3 rings (SSSR count). The number of anilines is 1. The van der Waals surface area contributed by atoms with E-state index in [0.717, 1.165) is 23.9 Å². The first-order valence-electron chi connectivity index (χ1n) is 7.12. The molecule has 0 bridgehead atoms. The zero-order chi connectivity index (χ0) is 13.9. The van der Waals surface area contributed by atoms with Crippen LogP contribution in [0, 0.1) is 6.92 Å². The molecule has 0 amide bonds. The first-order chi connectivity index (χ1) is 9.74. The molecular formula is C16H19N3O. The quantitative estimate of drug-likeness (QED) is 0.894. The summed E-state index contributed by atoms with van der Waals surface area (Å²) in [7, 11) is 0. The molecule has 4 nitrogen and oxygen atoms in total. The fourth-order valence-corrected chi connectivity index (χ4v) is 2.09. The Morgan fingerprint density at radius 3 is 2.80 bits per heavy atom. The highest BCUT2D eigenvalue weighted by Crippen LogP contribution is 2.39. The highest BCUT2D eigenvalue weighted by atomic mass is 16.5. The fourth-order valence-electron chi connectivity index (χ4n) is 2.09. The molecule has 1 aromatic carbocycles. The van der Waals surface area contributed by atoms with Crippen molar-refractivity contribution in [1.29, 1.82) is 0 Å². The Labute approximate surface area is 119 Å². The third-order valence-corrected chi connectivity index (χ3v) is 3.23. The highest BCUT2D eigenvalue weighted by Gasteiger charge is 2.27. The van der Waals surface area contributed by atoms with E-state index in [0.29, 0.717) is 11.8 Å². The SMILES string of the molecule is CCNc1cc(Oc2cccc(C)c2)nc(C2CC2)n1. The lowest BCUT2D eigenvalue weighted by atomic mass is 10.2. The molecule has 4 heteroatoms. The summed E-state index contributed by atoms with van der Waals surface area (Å²) in [5.41, 5.74) is 1.17. The molecule has 0 unspecified atom stereocenters. The second-order valence-electron chi connectivity index (χ2n) is 5.17. The van der Waals surface area contributed by atoms with Crippen LogP contribution in [0.15, 0.2) is 30.3 Å². The Balaban J connectivity index is 1.87. The lowest BCUT2D eigenvalue weighted by Crippen LogP contribution is -2.04. The van der Waals surface area contributed by atoms with Gasteiger partial charge in [0, 0.05) is 18.5 Å². The molecule has 2 aromatic rings. The molecule has 1 saturated carbocycles. The summed E-state index contributed by atoms with van der Waals surface area (Å²) >= 11 is 0. The van der Waals surface area contributed by atoms with Gasteiger partial charge in [-0.15, -0.1) is 0 Å². The lowest BCUT2D eigenvalue weighted by Gasteiger charge is -2.10. The summed E-state index contributed by atoms with van der Waals surface area (Å²) in [5, 5.41) is 3.24. The predicted molar refractivity (Wildman–Crippen MR) is 79.4 cm³/mol. The van der Waals surface area contributed by atoms with Crippen LogP contribution in [-0.4, -0.2) is 16.5 Å². The number of aromatic nitrogens is 2. The number of aryl methyl sites for hydroxylation is 1. The van der Waals surface area contributed by atoms with Crippen molar-refractivity contribution in [2.24, 2.45) is 0 Å². The van der Waals surface area contributed by atoms with Crippen LogP contribution in [0.3, 0.4) is 0 Å². The number of nitrogens with zero attached hydrogens (tertiary/aromatic N) is 2. The van der Waals surface area contributed by atoms with E-state index in [2.05, 4.69) is 22.2 Å². The topological polar surface area (TPSA) is 47.0 Å². The summed E-state index contributed by atoms with van der Waals surface area (Å²) < 4.78 is 5.87. The first-order valence-corrected chi connectivity index (χ1v) is 7.12. The van der Waals surface area contributed by atoms with Crippen molar-refractivity contribution < 1.29 is 4.74 Å². The summed E-state index contributed by atoms with van der Waals surface area (Å²) in [5.74, 6) is 3.67. The maximum absolute atomic E-state index is 5.87. The van der Waals surface area contributed by atoms with Crippen molar-refractivity contribution in [2.75, 3.05) is 11.9 Å². The van der Waals surface area contributed by atoms with E-state index in [1.54, 1.807) is 0 Å². The van der Waals surface area contributed by atoms with Crippen molar-refractivity contribution in [3.05, 3.63) is 41.7 Å². The fraction of sp³-hybridized carbons (Fsp3) is 0.375. The van der Waals surface area contributed by atoms with Crippen molar-refractivity contribution in [3.8, 4) is 11.6 Å². The maximum atomic E-state index is 5.87. The van der Waals surface area contributed by atoms with E-state index >= 15 is 0 Å². The highest BCUT2D eigenvalue weighted by molar-refractivity contribution is 5.41. The van der Waals surface area contributed by atoms with Gasteiger partial charge in [0.15, 0.2) is 0 Å². The first kappa shape index (κ1) is 12.9. The summed E-state index contributed by atoms with van der Waals surface area (Å²) in [6.45, 7) is 4.94. The monoisotopic (exact) mass is 269 g/mol. The van der Waals surface area contributed by atoms with E-state index in [9.17, 15) is 0 Å². The zero-order valence-corrected chi connectivity index (χ0v) is 11.9. The van der Waals surface area contributed by atoms with Crippen molar-refractivity contribution in [2.45, 2.75) is 32.6 Å². The Morgan fingerprint density at radius 2 is 2.10 bits per heavy atom. The Bertz CT molecular complexity index is 608. The van der Waals surface area contributed by atoms with Gasteiger partial charge in [-0.2, -0.15) is 4.98 Å². The molecule has 1 heterocycles. The number of ether oxygens (including phenoxy) is 1. The third-order valence-electron chi connectivity index (χ3n) is 3.23. The van der Waals surface area contributed by atoms with Crippen LogP contribution in [0.25, 0.3) is 0 Å². The van der Waals surface area contributed by atoms with Gasteiger partial charge in [-0.3, -0.25) is 0 Å². The number of hydrogen-bond acceptors (Lipinski definition) is 4. The third kappa shape index (κ3) is 3.07. The number of hydrogen-bond donors (Lipinski definition) is 1. The summed E-state index contributed by atoms with van der Waals surface area (Å²) in [4.78, 5) is 9.07. The van der Waals surface area contributed by atoms with Gasteiger partial charge in [0.25, 0.3) is 0 Å². The van der Waals surface area contributed by atoms with Gasteiger partial charge in [0.1, 0.15) is 17.4 Å². The van der Waals surface area contributed by atoms with Gasteiger partial charge in [-0.05, 0) is 44.4 Å². The van der Waals surface area contributed by atoms with Gasteiger partial charge in [-0.25, -0.2) is 4.98 Å². The smallest absolute Gasteiger partial charge is 0.224 e. The number of benzene rings is 1. The molecule has 1 N–H and O–H groups in total. The second kappa shape index (κ2) is 5.49. The van der Waals surface area contributed by atoms with E-state index in [1.165, 1.54) is 18.4 Å². The van der Waals surface area contributed by atoms with Crippen LogP contribution in [0.4, 0.5) is 5.82 Å². The minimum atomic E-state index is 0.508. The molecule has 1 fully saturated rings. The molecule has 20 heavy (non-hydrogen) atoms. The molecular weight excluding hydrogens is 250 g/mol. The second-order valence-corrected chi connectivity index (χ2v) is 5.17. The Morgan fingerprint density at radius 1 is 1.25 bits per heavy atom. The van der Waals surface area contributed by atoms with Crippen LogP contribution >= 0.6 is 0 Å². The molecule has 104 valence electrons. The van der Waals surface area contributed by atoms with Crippen LogP contribution in [0.1, 0.15) is 37.1 Å². The van der Waals surface area contributed by atoms with E-state index in [4.69, 9.17) is 4.74 Å². The number of rotatable bonds is 5. The minimum Gasteiger partial charge on any atom is -0.439 e. The molecule has 0 saturated heterocycles. The summed E-state index contributed by atoms with van der Waals surface area (Å²) in [6.07, 6.45) is 2.36. The van der Waals surface area contributed by atoms with Gasteiger partial charge in [-0.1, -0.05) is 12.1 Å². The van der Waals surface area contributed by atoms with Crippen molar-refractivity contribution in [1.82, 2.24) is 9.97 Å². The average Bonchev–Trinajstić information content (AvgIpc) is 3.23. The van der Waals surface area contributed by atoms with Gasteiger partial charge < -0.3 is 10.1 Å². The largest absolute Gasteiger partial charge is 0.439 e. The van der Waals surface area contributed by atoms with Gasteiger partial charge in [0.2, 0.25) is 5.88 Å². The van der Waals surface area contributed by atoms with E-state index in [1.807, 2.05) is 37.3 Å². The van der Waals surface area contributed by atoms with E-state index < -0.39 is 0 Å². The van der Waals surface area contributed by atoms with Gasteiger partial charge >= 0.3 is 0 Å². The lowest BCUT2D eigenvalue weighted by molar-refractivity contribution is 0.458. The number of nitrogens with one attached hydrogen (secondary N) is 1. The van der Waals surface area contributed by atoms with Crippen LogP contribution < -0.4 is 10.1 Å². The normalized spacial score (nSPS) is 14.1. The predicted octanol–water partition coefficient (Wildman–Crippen LogP) is 3.89. The molecule has 0 aliphatic heterocycles. The molecule has 0 spiro atoms. The van der Waals surface area contributed by atoms with Gasteiger partial charge in [0.05, 0.1) is 0 Å². The molecule has 1 aliphatic carbocycles.